The maximum Gasteiger partial charge on any atom is 0.235 e. The van der Waals surface area contributed by atoms with Crippen molar-refractivity contribution in [1.29, 1.82) is 0 Å². The number of carbonyl (C=O) groups is 1. The van der Waals surface area contributed by atoms with E-state index in [1.54, 1.807) is 23.8 Å². The van der Waals surface area contributed by atoms with Crippen molar-refractivity contribution in [2.24, 2.45) is 0 Å². The third kappa shape index (κ3) is 5.19. The van der Waals surface area contributed by atoms with Crippen molar-refractivity contribution in [2.75, 3.05) is 14.2 Å². The van der Waals surface area contributed by atoms with E-state index >= 15 is 0 Å². The first-order valence-corrected chi connectivity index (χ1v) is 8.55. The molecule has 0 aromatic heterocycles. The van der Waals surface area contributed by atoms with Crippen LogP contribution < -0.4 is 4.74 Å². The Morgan fingerprint density at radius 1 is 1.17 bits per heavy atom. The molecule has 0 spiro atoms. The van der Waals surface area contributed by atoms with Crippen molar-refractivity contribution < 1.29 is 9.53 Å². The number of methoxy groups -OCH3 is 1. The predicted molar refractivity (Wildman–Crippen MR) is 96.2 cm³/mol. The van der Waals surface area contributed by atoms with Gasteiger partial charge in [-0.25, -0.2) is 0 Å². The Labute approximate surface area is 146 Å². The minimum Gasteiger partial charge on any atom is -0.497 e. The second kappa shape index (κ2) is 8.27. The standard InChI is InChI=1S/C18H20ClNO2S/c1-13(23-17-10-8-16(22-3)9-11-17)18(21)20(2)12-14-4-6-15(19)7-5-14/h4-11,13H,12H2,1-3H3. The summed E-state index contributed by atoms with van der Waals surface area (Å²) in [5.74, 6) is 0.911. The minimum absolute atomic E-state index is 0.0979. The molecule has 0 radical (unpaired) electrons. The molecule has 2 rings (SSSR count). The molecule has 0 saturated carbocycles. The van der Waals surface area contributed by atoms with Gasteiger partial charge >= 0.3 is 0 Å². The van der Waals surface area contributed by atoms with Gasteiger partial charge in [0.15, 0.2) is 0 Å². The number of rotatable bonds is 6. The van der Waals surface area contributed by atoms with E-state index in [0.29, 0.717) is 11.6 Å². The summed E-state index contributed by atoms with van der Waals surface area (Å²) in [6.07, 6.45) is 0. The summed E-state index contributed by atoms with van der Waals surface area (Å²) in [5, 5.41) is 0.548. The fraction of sp³-hybridized carbons (Fsp3) is 0.278. The van der Waals surface area contributed by atoms with Gasteiger partial charge in [0.25, 0.3) is 0 Å². The van der Waals surface area contributed by atoms with Crippen LogP contribution in [0.4, 0.5) is 0 Å². The molecule has 2 aromatic carbocycles. The van der Waals surface area contributed by atoms with Crippen molar-refractivity contribution in [2.45, 2.75) is 23.6 Å². The van der Waals surface area contributed by atoms with E-state index in [1.165, 1.54) is 0 Å². The number of hydrogen-bond donors (Lipinski definition) is 0. The average molecular weight is 350 g/mol. The maximum absolute atomic E-state index is 12.5. The van der Waals surface area contributed by atoms with E-state index in [0.717, 1.165) is 16.2 Å². The number of hydrogen-bond acceptors (Lipinski definition) is 3. The van der Waals surface area contributed by atoms with Crippen molar-refractivity contribution in [3.8, 4) is 5.75 Å². The van der Waals surface area contributed by atoms with Gasteiger partial charge in [0.1, 0.15) is 5.75 Å². The van der Waals surface area contributed by atoms with Crippen LogP contribution in [0.15, 0.2) is 53.4 Å². The molecule has 0 saturated heterocycles. The molecule has 1 unspecified atom stereocenters. The second-order valence-electron chi connectivity index (χ2n) is 5.26. The summed E-state index contributed by atoms with van der Waals surface area (Å²) in [6, 6.07) is 15.3. The lowest BCUT2D eigenvalue weighted by atomic mass is 10.2. The molecule has 0 bridgehead atoms. The van der Waals surface area contributed by atoms with E-state index in [2.05, 4.69) is 0 Å². The van der Waals surface area contributed by atoms with Gasteiger partial charge in [0.2, 0.25) is 5.91 Å². The number of thioether (sulfide) groups is 1. The molecular formula is C18H20ClNO2S. The monoisotopic (exact) mass is 349 g/mol. The molecule has 1 atom stereocenters. The number of halogens is 1. The van der Waals surface area contributed by atoms with Crippen LogP contribution in [0.3, 0.4) is 0 Å². The molecule has 1 amide bonds. The first-order chi connectivity index (χ1) is 11.0. The van der Waals surface area contributed by atoms with E-state index in [1.807, 2.05) is 62.5 Å². The van der Waals surface area contributed by atoms with Crippen LogP contribution in [-0.4, -0.2) is 30.2 Å². The van der Waals surface area contributed by atoms with Crippen molar-refractivity contribution in [1.82, 2.24) is 4.90 Å². The largest absolute Gasteiger partial charge is 0.497 e. The van der Waals surface area contributed by atoms with Gasteiger partial charge in [0, 0.05) is 23.5 Å². The van der Waals surface area contributed by atoms with E-state index in [9.17, 15) is 4.79 Å². The van der Waals surface area contributed by atoms with Crippen LogP contribution in [0.25, 0.3) is 0 Å². The lowest BCUT2D eigenvalue weighted by molar-refractivity contribution is -0.129. The van der Waals surface area contributed by atoms with Crippen molar-refractivity contribution >= 4 is 29.3 Å². The summed E-state index contributed by atoms with van der Waals surface area (Å²) < 4.78 is 5.14. The molecule has 122 valence electrons. The van der Waals surface area contributed by atoms with Crippen LogP contribution in [-0.2, 0) is 11.3 Å². The van der Waals surface area contributed by atoms with Crippen LogP contribution in [0.5, 0.6) is 5.75 Å². The first-order valence-electron chi connectivity index (χ1n) is 7.29. The van der Waals surface area contributed by atoms with Gasteiger partial charge < -0.3 is 9.64 Å². The number of benzene rings is 2. The number of ether oxygens (including phenoxy) is 1. The highest BCUT2D eigenvalue weighted by Crippen LogP contribution is 2.26. The molecule has 2 aromatic rings. The molecular weight excluding hydrogens is 330 g/mol. The summed E-state index contributed by atoms with van der Waals surface area (Å²) in [4.78, 5) is 15.3. The van der Waals surface area contributed by atoms with Crippen LogP contribution in [0.2, 0.25) is 5.02 Å². The van der Waals surface area contributed by atoms with Gasteiger partial charge in [-0.1, -0.05) is 23.7 Å². The Kier molecular flexibility index (Phi) is 6.37. The van der Waals surface area contributed by atoms with Gasteiger partial charge in [0.05, 0.1) is 12.4 Å². The highest BCUT2D eigenvalue weighted by atomic mass is 35.5. The average Bonchev–Trinajstić information content (AvgIpc) is 2.56. The summed E-state index contributed by atoms with van der Waals surface area (Å²) in [7, 11) is 3.46. The molecule has 0 aliphatic rings. The second-order valence-corrected chi connectivity index (χ2v) is 7.11. The molecule has 0 heterocycles. The number of amides is 1. The van der Waals surface area contributed by atoms with Crippen LogP contribution in [0.1, 0.15) is 12.5 Å². The Morgan fingerprint density at radius 3 is 2.35 bits per heavy atom. The summed E-state index contributed by atoms with van der Waals surface area (Å²) in [5.41, 5.74) is 1.06. The highest BCUT2D eigenvalue weighted by Gasteiger charge is 2.18. The normalized spacial score (nSPS) is 11.8. The highest BCUT2D eigenvalue weighted by molar-refractivity contribution is 8.00. The molecule has 0 aliphatic heterocycles. The van der Waals surface area contributed by atoms with Gasteiger partial charge in [-0.15, -0.1) is 11.8 Å². The maximum atomic E-state index is 12.5. The quantitative estimate of drug-likeness (QED) is 0.720. The summed E-state index contributed by atoms with van der Waals surface area (Å²) in [6.45, 7) is 2.50. The van der Waals surface area contributed by atoms with Gasteiger partial charge in [-0.3, -0.25) is 4.79 Å². The molecule has 0 fully saturated rings. The lowest BCUT2D eigenvalue weighted by Gasteiger charge is -2.21. The van der Waals surface area contributed by atoms with Crippen LogP contribution in [0, 0.1) is 0 Å². The molecule has 5 heteroatoms. The van der Waals surface area contributed by atoms with E-state index < -0.39 is 0 Å². The molecule has 0 aliphatic carbocycles. The zero-order chi connectivity index (χ0) is 16.8. The fourth-order valence-electron chi connectivity index (χ4n) is 2.16. The minimum atomic E-state index is -0.152. The zero-order valence-corrected chi connectivity index (χ0v) is 15.0. The fourth-order valence-corrected chi connectivity index (χ4v) is 3.27. The molecule has 0 N–H and O–H groups in total. The van der Waals surface area contributed by atoms with Crippen molar-refractivity contribution in [3.63, 3.8) is 0 Å². The van der Waals surface area contributed by atoms with Gasteiger partial charge in [-0.2, -0.15) is 0 Å². The van der Waals surface area contributed by atoms with E-state index in [4.69, 9.17) is 16.3 Å². The van der Waals surface area contributed by atoms with E-state index in [-0.39, 0.29) is 11.2 Å². The predicted octanol–water partition coefficient (Wildman–Crippen LogP) is 4.49. The Morgan fingerprint density at radius 2 is 1.78 bits per heavy atom. The molecule has 3 nitrogen and oxygen atoms in total. The first kappa shape index (κ1) is 17.7. The summed E-state index contributed by atoms with van der Waals surface area (Å²) >= 11 is 7.42. The Balaban J connectivity index is 1.93. The smallest absolute Gasteiger partial charge is 0.235 e. The zero-order valence-electron chi connectivity index (χ0n) is 13.5. The lowest BCUT2D eigenvalue weighted by Crippen LogP contribution is -2.32. The van der Waals surface area contributed by atoms with Gasteiger partial charge in [-0.05, 0) is 48.9 Å². The third-order valence-corrected chi connectivity index (χ3v) is 4.78. The number of nitrogens with zero attached hydrogens (tertiary/aromatic N) is 1. The van der Waals surface area contributed by atoms with Crippen molar-refractivity contribution in [3.05, 3.63) is 59.1 Å². The topological polar surface area (TPSA) is 29.5 Å². The Hall–Kier alpha value is -1.65. The van der Waals surface area contributed by atoms with Crippen LogP contribution >= 0.6 is 23.4 Å². The Bertz CT molecular complexity index is 643. The SMILES string of the molecule is COc1ccc(SC(C)C(=O)N(C)Cc2ccc(Cl)cc2)cc1. The number of carbonyl (C=O) groups excluding carboxylic acids is 1. The molecule has 23 heavy (non-hydrogen) atoms. The third-order valence-electron chi connectivity index (χ3n) is 3.43.